The molecule has 24 heavy (non-hydrogen) atoms. The molecule has 1 atom stereocenters. The van der Waals surface area contributed by atoms with Gasteiger partial charge in [-0.2, -0.15) is 16.3 Å². The smallest absolute Gasteiger partial charge is 0.291 e. The Hall–Kier alpha value is -2.32. The summed E-state index contributed by atoms with van der Waals surface area (Å²) in [6.07, 6.45) is 0. The Morgan fingerprint density at radius 1 is 1.38 bits per heavy atom. The Labute approximate surface area is 144 Å². The van der Waals surface area contributed by atoms with Crippen molar-refractivity contribution in [1.82, 2.24) is 29.8 Å². The van der Waals surface area contributed by atoms with Crippen LogP contribution < -0.4 is 5.32 Å². The summed E-state index contributed by atoms with van der Waals surface area (Å²) in [4.78, 5) is 23.0. The minimum atomic E-state index is -0.292. The van der Waals surface area contributed by atoms with Gasteiger partial charge in [0, 0.05) is 17.9 Å². The minimum absolute atomic E-state index is 0.110. The third kappa shape index (κ3) is 3.29. The van der Waals surface area contributed by atoms with Crippen molar-refractivity contribution in [3.8, 4) is 0 Å². The van der Waals surface area contributed by atoms with Gasteiger partial charge in [-0.05, 0) is 56.4 Å². The normalized spacial score (nSPS) is 12.7. The zero-order valence-corrected chi connectivity index (χ0v) is 15.0. The third-order valence-corrected chi connectivity index (χ3v) is 4.53. The molecule has 3 heterocycles. The molecule has 8 heteroatoms. The number of rotatable bonds is 5. The number of thiophene rings is 1. The Morgan fingerprint density at radius 3 is 2.83 bits per heavy atom. The van der Waals surface area contributed by atoms with E-state index in [0.29, 0.717) is 12.3 Å². The van der Waals surface area contributed by atoms with Crippen molar-refractivity contribution in [2.24, 2.45) is 0 Å². The van der Waals surface area contributed by atoms with Crippen LogP contribution in [0.3, 0.4) is 0 Å². The summed E-state index contributed by atoms with van der Waals surface area (Å²) in [7, 11) is 3.99. The van der Waals surface area contributed by atoms with Gasteiger partial charge < -0.3 is 10.2 Å². The topological polar surface area (TPSA) is 75.4 Å². The molecule has 3 aromatic heterocycles. The van der Waals surface area contributed by atoms with Crippen LogP contribution in [-0.2, 0) is 0 Å². The highest BCUT2D eigenvalue weighted by atomic mass is 32.1. The third-order valence-electron chi connectivity index (χ3n) is 3.83. The van der Waals surface area contributed by atoms with E-state index in [9.17, 15) is 4.79 Å². The maximum absolute atomic E-state index is 12.4. The SMILES string of the molecule is Cc1cc(C)n2nc(C(=O)NC[C@@H](c3ccsc3)N(C)C)nc2n1. The first kappa shape index (κ1) is 16.5. The van der Waals surface area contributed by atoms with E-state index in [0.717, 1.165) is 11.4 Å². The van der Waals surface area contributed by atoms with Crippen LogP contribution in [0, 0.1) is 13.8 Å². The molecule has 126 valence electrons. The molecule has 7 nitrogen and oxygen atoms in total. The molecule has 0 aliphatic carbocycles. The predicted octanol–water partition coefficient (Wildman–Crippen LogP) is 1.84. The van der Waals surface area contributed by atoms with Crippen LogP contribution in [0.5, 0.6) is 0 Å². The number of aromatic nitrogens is 4. The van der Waals surface area contributed by atoms with Crippen molar-refractivity contribution >= 4 is 23.0 Å². The van der Waals surface area contributed by atoms with Gasteiger partial charge in [-0.15, -0.1) is 5.10 Å². The van der Waals surface area contributed by atoms with Gasteiger partial charge in [-0.3, -0.25) is 4.79 Å². The predicted molar refractivity (Wildman–Crippen MR) is 93.3 cm³/mol. The Kier molecular flexibility index (Phi) is 4.59. The van der Waals surface area contributed by atoms with E-state index in [4.69, 9.17) is 0 Å². The second-order valence-corrected chi connectivity index (χ2v) is 6.71. The molecule has 0 saturated heterocycles. The van der Waals surface area contributed by atoms with E-state index >= 15 is 0 Å². The molecule has 0 fully saturated rings. The number of hydrogen-bond acceptors (Lipinski definition) is 6. The van der Waals surface area contributed by atoms with Crippen LogP contribution in [0.1, 0.15) is 33.6 Å². The number of amides is 1. The van der Waals surface area contributed by atoms with E-state index in [1.54, 1.807) is 15.9 Å². The monoisotopic (exact) mass is 344 g/mol. The fraction of sp³-hybridized carbons (Fsp3) is 0.375. The molecule has 1 amide bonds. The summed E-state index contributed by atoms with van der Waals surface area (Å²) in [6, 6.07) is 4.09. The number of likely N-dealkylation sites (N-methyl/N-ethyl adjacent to an activating group) is 1. The lowest BCUT2D eigenvalue weighted by atomic mass is 10.1. The van der Waals surface area contributed by atoms with Crippen molar-refractivity contribution in [2.75, 3.05) is 20.6 Å². The molecule has 3 aromatic rings. The quantitative estimate of drug-likeness (QED) is 0.764. The van der Waals surface area contributed by atoms with E-state index in [2.05, 4.69) is 36.7 Å². The summed E-state index contributed by atoms with van der Waals surface area (Å²) >= 11 is 1.65. The summed E-state index contributed by atoms with van der Waals surface area (Å²) in [5.41, 5.74) is 2.93. The van der Waals surface area contributed by atoms with Gasteiger partial charge in [0.05, 0.1) is 6.04 Å². The Bertz CT molecular complexity index is 855. The Balaban J connectivity index is 1.76. The lowest BCUT2D eigenvalue weighted by molar-refractivity contribution is 0.0932. The summed E-state index contributed by atoms with van der Waals surface area (Å²) in [5, 5.41) is 11.3. The zero-order chi connectivity index (χ0) is 17.3. The zero-order valence-electron chi connectivity index (χ0n) is 14.1. The van der Waals surface area contributed by atoms with Crippen molar-refractivity contribution in [3.63, 3.8) is 0 Å². The van der Waals surface area contributed by atoms with E-state index in [1.807, 2.05) is 39.4 Å². The van der Waals surface area contributed by atoms with E-state index in [-0.39, 0.29) is 17.8 Å². The molecule has 0 radical (unpaired) electrons. The van der Waals surface area contributed by atoms with Crippen molar-refractivity contribution in [1.29, 1.82) is 0 Å². The van der Waals surface area contributed by atoms with Crippen LogP contribution in [0.25, 0.3) is 5.78 Å². The highest BCUT2D eigenvalue weighted by Gasteiger charge is 2.19. The highest BCUT2D eigenvalue weighted by Crippen LogP contribution is 2.20. The number of fused-ring (bicyclic) bond motifs is 1. The second kappa shape index (κ2) is 6.66. The van der Waals surface area contributed by atoms with Gasteiger partial charge in [0.15, 0.2) is 0 Å². The molecule has 0 aliphatic rings. The first-order valence-corrected chi connectivity index (χ1v) is 8.57. The van der Waals surface area contributed by atoms with Crippen LogP contribution in [-0.4, -0.2) is 51.0 Å². The van der Waals surface area contributed by atoms with Gasteiger partial charge in [0.2, 0.25) is 5.82 Å². The summed E-state index contributed by atoms with van der Waals surface area (Å²) in [5.74, 6) is 0.290. The van der Waals surface area contributed by atoms with Crippen LogP contribution in [0.4, 0.5) is 0 Å². The molecule has 0 aliphatic heterocycles. The maximum atomic E-state index is 12.4. The number of carbonyl (C=O) groups is 1. The molecule has 0 bridgehead atoms. The number of nitrogens with one attached hydrogen (secondary N) is 1. The molecule has 1 N–H and O–H groups in total. The fourth-order valence-corrected chi connectivity index (χ4v) is 3.30. The standard InChI is InChI=1S/C16H20N6OS/c1-10-7-11(2)22-16(18-10)19-14(20-22)15(23)17-8-13(21(3)4)12-5-6-24-9-12/h5-7,9,13H,8H2,1-4H3,(H,17,23)/t13-/m0/s1. The highest BCUT2D eigenvalue weighted by molar-refractivity contribution is 7.07. The molecular formula is C16H20N6OS. The largest absolute Gasteiger partial charge is 0.347 e. The minimum Gasteiger partial charge on any atom is -0.347 e. The fourth-order valence-electron chi connectivity index (χ4n) is 2.59. The van der Waals surface area contributed by atoms with Gasteiger partial charge in [0.1, 0.15) is 0 Å². The van der Waals surface area contributed by atoms with Crippen molar-refractivity contribution in [2.45, 2.75) is 19.9 Å². The average Bonchev–Trinajstić information content (AvgIpc) is 3.16. The summed E-state index contributed by atoms with van der Waals surface area (Å²) < 4.78 is 1.59. The average molecular weight is 344 g/mol. The lowest BCUT2D eigenvalue weighted by Crippen LogP contribution is -2.34. The van der Waals surface area contributed by atoms with Gasteiger partial charge in [-0.25, -0.2) is 9.50 Å². The Morgan fingerprint density at radius 2 is 2.17 bits per heavy atom. The molecule has 3 rings (SSSR count). The van der Waals surface area contributed by atoms with E-state index in [1.165, 1.54) is 5.56 Å². The molecule has 0 unspecified atom stereocenters. The van der Waals surface area contributed by atoms with Crippen LogP contribution in [0.2, 0.25) is 0 Å². The molecular weight excluding hydrogens is 324 g/mol. The van der Waals surface area contributed by atoms with Crippen LogP contribution in [0.15, 0.2) is 22.9 Å². The number of nitrogens with zero attached hydrogens (tertiary/aromatic N) is 5. The van der Waals surface area contributed by atoms with E-state index < -0.39 is 0 Å². The molecule has 0 saturated carbocycles. The van der Waals surface area contributed by atoms with Gasteiger partial charge >= 0.3 is 0 Å². The van der Waals surface area contributed by atoms with Crippen molar-refractivity contribution in [3.05, 3.63) is 45.7 Å². The molecule has 0 aromatic carbocycles. The van der Waals surface area contributed by atoms with Gasteiger partial charge in [0.25, 0.3) is 11.7 Å². The number of carbonyl (C=O) groups excluding carboxylic acids is 1. The number of hydrogen-bond donors (Lipinski definition) is 1. The summed E-state index contributed by atoms with van der Waals surface area (Å²) in [6.45, 7) is 4.30. The van der Waals surface area contributed by atoms with Crippen molar-refractivity contribution < 1.29 is 4.79 Å². The lowest BCUT2D eigenvalue weighted by Gasteiger charge is -2.23. The number of aryl methyl sites for hydroxylation is 2. The van der Waals surface area contributed by atoms with Gasteiger partial charge in [-0.1, -0.05) is 0 Å². The first-order valence-electron chi connectivity index (χ1n) is 7.63. The maximum Gasteiger partial charge on any atom is 0.291 e. The second-order valence-electron chi connectivity index (χ2n) is 5.93. The van der Waals surface area contributed by atoms with Crippen LogP contribution >= 0.6 is 11.3 Å². The molecule has 0 spiro atoms. The first-order chi connectivity index (χ1) is 11.5.